The smallest absolute Gasteiger partial charge is 0.270 e. The minimum atomic E-state index is -0.278. The molecule has 0 spiro atoms. The van der Waals surface area contributed by atoms with Gasteiger partial charge in [0.15, 0.2) is 0 Å². The van der Waals surface area contributed by atoms with Gasteiger partial charge in [0.1, 0.15) is 21.8 Å². The van der Waals surface area contributed by atoms with Gasteiger partial charge < -0.3 is 9.80 Å². The maximum absolute atomic E-state index is 13.0. The highest BCUT2D eigenvalue weighted by Gasteiger charge is 2.32. The molecular formula is C20H25N5O2S2. The van der Waals surface area contributed by atoms with Crippen molar-refractivity contribution >= 4 is 46.1 Å². The lowest BCUT2D eigenvalue weighted by atomic mass is 10.0. The summed E-state index contributed by atoms with van der Waals surface area (Å²) in [6.07, 6.45) is 1.81. The maximum Gasteiger partial charge on any atom is 0.270 e. The van der Waals surface area contributed by atoms with Gasteiger partial charge in [-0.05, 0) is 39.5 Å². The van der Waals surface area contributed by atoms with Crippen LogP contribution in [0.25, 0.3) is 6.08 Å². The molecule has 9 heteroatoms. The molecule has 2 aliphatic rings. The number of hydrogen-bond donors (Lipinski definition) is 0. The van der Waals surface area contributed by atoms with Crippen LogP contribution in [0.15, 0.2) is 9.70 Å². The van der Waals surface area contributed by atoms with Gasteiger partial charge in [0.05, 0.1) is 4.91 Å². The van der Waals surface area contributed by atoms with Crippen LogP contribution in [-0.4, -0.2) is 64.4 Å². The lowest BCUT2D eigenvalue weighted by molar-refractivity contribution is -0.121. The predicted octanol–water partition coefficient (Wildman–Crippen LogP) is 2.02. The first-order valence-corrected chi connectivity index (χ1v) is 10.9. The van der Waals surface area contributed by atoms with E-state index in [0.717, 1.165) is 37.6 Å². The van der Waals surface area contributed by atoms with Crippen LogP contribution in [0.4, 0.5) is 5.82 Å². The number of thiocarbonyl (C=S) groups is 1. The number of carbonyl (C=O) groups is 1. The number of pyridine rings is 1. The van der Waals surface area contributed by atoms with E-state index in [4.69, 9.17) is 12.2 Å². The van der Waals surface area contributed by atoms with Crippen molar-refractivity contribution in [2.24, 2.45) is 0 Å². The van der Waals surface area contributed by atoms with Crippen molar-refractivity contribution in [3.05, 3.63) is 31.9 Å². The first kappa shape index (κ1) is 21.6. The summed E-state index contributed by atoms with van der Waals surface area (Å²) in [4.78, 5) is 32.3. The van der Waals surface area contributed by atoms with Crippen molar-refractivity contribution in [1.29, 1.82) is 5.26 Å². The Balaban J connectivity index is 2.23. The molecule has 1 aromatic rings. The van der Waals surface area contributed by atoms with Crippen molar-refractivity contribution in [1.82, 2.24) is 14.4 Å². The zero-order chi connectivity index (χ0) is 21.3. The molecule has 0 bridgehead atoms. The van der Waals surface area contributed by atoms with E-state index in [1.54, 1.807) is 16.4 Å². The molecule has 0 saturated carbocycles. The Morgan fingerprint density at radius 1 is 1.17 bits per heavy atom. The summed E-state index contributed by atoms with van der Waals surface area (Å²) in [7, 11) is 2.07. The van der Waals surface area contributed by atoms with E-state index in [9.17, 15) is 14.9 Å². The SMILES string of the molecule is CCN1C(=O)/C(=C/c2c(C)c(C#N)c(=O)n(CC)c2N2CCN(C)CC2)SC1=S. The van der Waals surface area contributed by atoms with E-state index in [2.05, 4.69) is 22.9 Å². The summed E-state index contributed by atoms with van der Waals surface area (Å²) in [5, 5.41) is 9.61. The van der Waals surface area contributed by atoms with Crippen LogP contribution in [-0.2, 0) is 11.3 Å². The van der Waals surface area contributed by atoms with Crippen LogP contribution in [0.3, 0.4) is 0 Å². The van der Waals surface area contributed by atoms with Crippen LogP contribution in [0, 0.1) is 18.3 Å². The van der Waals surface area contributed by atoms with Gasteiger partial charge in [-0.1, -0.05) is 24.0 Å². The average Bonchev–Trinajstić information content (AvgIpc) is 2.97. The van der Waals surface area contributed by atoms with Gasteiger partial charge in [0, 0.05) is 44.8 Å². The van der Waals surface area contributed by atoms with Crippen molar-refractivity contribution in [2.75, 3.05) is 44.7 Å². The van der Waals surface area contributed by atoms with Crippen LogP contribution in [0.2, 0.25) is 0 Å². The number of thioether (sulfide) groups is 1. The Kier molecular flexibility index (Phi) is 6.46. The summed E-state index contributed by atoms with van der Waals surface area (Å²) in [5.74, 6) is 0.655. The highest BCUT2D eigenvalue weighted by atomic mass is 32.2. The molecule has 3 rings (SSSR count). The molecule has 1 aromatic heterocycles. The van der Waals surface area contributed by atoms with Gasteiger partial charge >= 0.3 is 0 Å². The van der Waals surface area contributed by atoms with E-state index < -0.39 is 0 Å². The van der Waals surface area contributed by atoms with Gasteiger partial charge in [-0.15, -0.1) is 0 Å². The molecule has 3 heterocycles. The molecule has 0 unspecified atom stereocenters. The van der Waals surface area contributed by atoms with Crippen molar-refractivity contribution in [2.45, 2.75) is 27.3 Å². The number of likely N-dealkylation sites (N-methyl/N-ethyl adjacent to an activating group) is 2. The van der Waals surface area contributed by atoms with E-state index in [-0.39, 0.29) is 17.0 Å². The molecule has 1 amide bonds. The molecular weight excluding hydrogens is 406 g/mol. The molecule has 0 N–H and O–H groups in total. The molecule has 0 atom stereocenters. The number of piperazine rings is 1. The van der Waals surface area contributed by atoms with Crippen molar-refractivity contribution in [3.8, 4) is 6.07 Å². The number of hydrogen-bond acceptors (Lipinski definition) is 7. The average molecular weight is 432 g/mol. The number of carbonyl (C=O) groups excluding carboxylic acids is 1. The van der Waals surface area contributed by atoms with Crippen LogP contribution in [0.5, 0.6) is 0 Å². The first-order valence-electron chi connectivity index (χ1n) is 9.70. The molecule has 0 aliphatic carbocycles. The minimum absolute atomic E-state index is 0.126. The molecule has 2 saturated heterocycles. The second kappa shape index (κ2) is 8.69. The third-order valence-corrected chi connectivity index (χ3v) is 6.81. The maximum atomic E-state index is 13.0. The van der Waals surface area contributed by atoms with Gasteiger partial charge in [-0.25, -0.2) is 0 Å². The molecule has 2 fully saturated rings. The third-order valence-electron chi connectivity index (χ3n) is 5.43. The fraction of sp³-hybridized carbons (Fsp3) is 0.500. The Bertz CT molecular complexity index is 984. The Hall–Kier alpha value is -2.15. The van der Waals surface area contributed by atoms with Crippen molar-refractivity contribution in [3.63, 3.8) is 0 Å². The summed E-state index contributed by atoms with van der Waals surface area (Å²) >= 11 is 6.60. The number of nitrogens with zero attached hydrogens (tertiary/aromatic N) is 5. The van der Waals surface area contributed by atoms with Gasteiger partial charge in [0.25, 0.3) is 11.5 Å². The summed E-state index contributed by atoms with van der Waals surface area (Å²) in [6.45, 7) is 9.86. The minimum Gasteiger partial charge on any atom is -0.355 e. The Morgan fingerprint density at radius 2 is 1.83 bits per heavy atom. The topological polar surface area (TPSA) is 72.6 Å². The number of anilines is 1. The zero-order valence-corrected chi connectivity index (χ0v) is 18.8. The second-order valence-corrected chi connectivity index (χ2v) is 8.79. The molecule has 154 valence electrons. The predicted molar refractivity (Wildman–Crippen MR) is 121 cm³/mol. The fourth-order valence-corrected chi connectivity index (χ4v) is 5.07. The fourth-order valence-electron chi connectivity index (χ4n) is 3.70. The normalized spacial score (nSPS) is 19.3. The number of rotatable bonds is 4. The van der Waals surface area contributed by atoms with Gasteiger partial charge in [-0.2, -0.15) is 5.26 Å². The molecule has 0 aromatic carbocycles. The second-order valence-electron chi connectivity index (χ2n) is 7.11. The van der Waals surface area contributed by atoms with Crippen LogP contribution < -0.4 is 10.5 Å². The Morgan fingerprint density at radius 3 is 2.34 bits per heavy atom. The highest BCUT2D eigenvalue weighted by molar-refractivity contribution is 8.26. The number of aromatic nitrogens is 1. The van der Waals surface area contributed by atoms with Gasteiger partial charge in [-0.3, -0.25) is 19.1 Å². The third kappa shape index (κ3) is 3.84. The lowest BCUT2D eigenvalue weighted by Crippen LogP contribution is -2.47. The number of nitriles is 1. The standard InChI is InChI=1S/C20H25N5O2S2/c1-5-24-17(23-9-7-22(4)8-10-23)14(13(3)15(12-21)18(24)26)11-16-19(27)25(6-2)20(28)29-16/h11H,5-10H2,1-4H3/b16-11-. The molecule has 2 aliphatic heterocycles. The van der Waals surface area contributed by atoms with Gasteiger partial charge in [0.2, 0.25) is 0 Å². The van der Waals surface area contributed by atoms with E-state index in [0.29, 0.717) is 27.9 Å². The van der Waals surface area contributed by atoms with E-state index in [1.807, 2.05) is 19.9 Å². The quantitative estimate of drug-likeness (QED) is 0.533. The van der Waals surface area contributed by atoms with Crippen LogP contribution in [0.1, 0.15) is 30.5 Å². The molecule has 0 radical (unpaired) electrons. The highest BCUT2D eigenvalue weighted by Crippen LogP contribution is 2.35. The zero-order valence-electron chi connectivity index (χ0n) is 17.2. The summed E-state index contributed by atoms with van der Waals surface area (Å²) < 4.78 is 2.19. The first-order chi connectivity index (χ1) is 13.8. The molecule has 7 nitrogen and oxygen atoms in total. The van der Waals surface area contributed by atoms with E-state index in [1.165, 1.54) is 11.8 Å². The summed E-state index contributed by atoms with van der Waals surface area (Å²) in [5.41, 5.74) is 1.21. The van der Waals surface area contributed by atoms with Crippen LogP contribution >= 0.6 is 24.0 Å². The molecule has 29 heavy (non-hydrogen) atoms. The monoisotopic (exact) mass is 431 g/mol. The van der Waals surface area contributed by atoms with E-state index >= 15 is 0 Å². The Labute approximate surface area is 180 Å². The number of amides is 1. The largest absolute Gasteiger partial charge is 0.355 e. The lowest BCUT2D eigenvalue weighted by Gasteiger charge is -2.36. The summed E-state index contributed by atoms with van der Waals surface area (Å²) in [6, 6.07) is 2.06. The van der Waals surface area contributed by atoms with Crippen molar-refractivity contribution < 1.29 is 4.79 Å².